The monoisotopic (exact) mass is 328 g/mol. The van der Waals surface area contributed by atoms with E-state index in [0.29, 0.717) is 11.3 Å². The van der Waals surface area contributed by atoms with Crippen LogP contribution in [0.1, 0.15) is 17.1 Å². The summed E-state index contributed by atoms with van der Waals surface area (Å²) < 4.78 is 3.35. The first-order valence-corrected chi connectivity index (χ1v) is 7.99. The van der Waals surface area contributed by atoms with Crippen LogP contribution in [0.15, 0.2) is 71.7 Å². The molecule has 0 saturated heterocycles. The zero-order valence-corrected chi connectivity index (χ0v) is 13.7. The Kier molecular flexibility index (Phi) is 3.74. The highest BCUT2D eigenvalue weighted by molar-refractivity contribution is 5.67. The Morgan fingerprint density at radius 3 is 2.48 bits per heavy atom. The first kappa shape index (κ1) is 15.1. The minimum atomic E-state index is -0.129. The van der Waals surface area contributed by atoms with Gasteiger partial charge >= 0.3 is 0 Å². The summed E-state index contributed by atoms with van der Waals surface area (Å²) in [5, 5.41) is 0. The number of aryl methyl sites for hydroxylation is 1. The molecular weight excluding hydrogens is 312 g/mol. The largest absolute Gasteiger partial charge is 0.273 e. The van der Waals surface area contributed by atoms with Crippen LogP contribution in [0.25, 0.3) is 23.5 Å². The minimum absolute atomic E-state index is 0.129. The molecule has 5 nitrogen and oxygen atoms in total. The van der Waals surface area contributed by atoms with Crippen LogP contribution in [0, 0.1) is 6.92 Å². The SMILES string of the molecule is Cc1cccc(C=Cc2cc(=O)n3c(ccn3-c3ccccc3)n2)n1. The summed E-state index contributed by atoms with van der Waals surface area (Å²) in [6.45, 7) is 1.94. The Morgan fingerprint density at radius 2 is 1.68 bits per heavy atom. The van der Waals surface area contributed by atoms with Crippen LogP contribution >= 0.6 is 0 Å². The zero-order chi connectivity index (χ0) is 17.2. The highest BCUT2D eigenvalue weighted by Crippen LogP contribution is 2.10. The van der Waals surface area contributed by atoms with Gasteiger partial charge in [0.25, 0.3) is 5.56 Å². The lowest BCUT2D eigenvalue weighted by atomic mass is 10.2. The van der Waals surface area contributed by atoms with E-state index in [1.54, 1.807) is 9.20 Å². The van der Waals surface area contributed by atoms with Gasteiger partial charge in [0.1, 0.15) is 0 Å². The van der Waals surface area contributed by atoms with E-state index in [1.807, 2.05) is 79.9 Å². The average molecular weight is 328 g/mol. The van der Waals surface area contributed by atoms with Crippen molar-refractivity contribution in [3.63, 3.8) is 0 Å². The van der Waals surface area contributed by atoms with Gasteiger partial charge in [-0.05, 0) is 43.3 Å². The van der Waals surface area contributed by atoms with Crippen molar-refractivity contribution >= 4 is 17.8 Å². The number of fused-ring (bicyclic) bond motifs is 1. The molecule has 0 saturated carbocycles. The number of aromatic nitrogens is 4. The van der Waals surface area contributed by atoms with Gasteiger partial charge in [0.05, 0.1) is 17.1 Å². The third-order valence-corrected chi connectivity index (χ3v) is 3.88. The van der Waals surface area contributed by atoms with Crippen molar-refractivity contribution in [1.82, 2.24) is 19.2 Å². The molecule has 0 radical (unpaired) electrons. The summed E-state index contributed by atoms with van der Waals surface area (Å²) in [6, 6.07) is 18.9. The molecule has 122 valence electrons. The van der Waals surface area contributed by atoms with Crippen LogP contribution in [0.5, 0.6) is 0 Å². The van der Waals surface area contributed by atoms with Crippen molar-refractivity contribution in [1.29, 1.82) is 0 Å². The van der Waals surface area contributed by atoms with Gasteiger partial charge in [-0.15, -0.1) is 0 Å². The van der Waals surface area contributed by atoms with Gasteiger partial charge < -0.3 is 0 Å². The van der Waals surface area contributed by atoms with Crippen LogP contribution in [0.4, 0.5) is 0 Å². The quantitative estimate of drug-likeness (QED) is 0.579. The number of hydrogen-bond donors (Lipinski definition) is 0. The third kappa shape index (κ3) is 2.99. The van der Waals surface area contributed by atoms with Crippen molar-refractivity contribution in [3.8, 4) is 5.69 Å². The summed E-state index contributed by atoms with van der Waals surface area (Å²) in [4.78, 5) is 21.5. The molecule has 0 aliphatic carbocycles. The molecule has 0 atom stereocenters. The predicted molar refractivity (Wildman–Crippen MR) is 98.7 cm³/mol. The number of hydrogen-bond acceptors (Lipinski definition) is 3. The molecule has 0 unspecified atom stereocenters. The summed E-state index contributed by atoms with van der Waals surface area (Å²) in [7, 11) is 0. The maximum Gasteiger partial charge on any atom is 0.273 e. The minimum Gasteiger partial charge on any atom is -0.267 e. The topological polar surface area (TPSA) is 52.2 Å². The average Bonchev–Trinajstić information content (AvgIpc) is 3.05. The van der Waals surface area contributed by atoms with E-state index in [2.05, 4.69) is 9.97 Å². The number of benzene rings is 1. The van der Waals surface area contributed by atoms with Crippen molar-refractivity contribution in [3.05, 3.63) is 94.3 Å². The van der Waals surface area contributed by atoms with Crippen molar-refractivity contribution in [2.45, 2.75) is 6.92 Å². The fourth-order valence-electron chi connectivity index (χ4n) is 2.74. The predicted octanol–water partition coefficient (Wildman–Crippen LogP) is 3.36. The molecule has 0 fully saturated rings. The molecule has 3 heterocycles. The molecule has 0 bridgehead atoms. The van der Waals surface area contributed by atoms with Crippen LogP contribution in [0.3, 0.4) is 0 Å². The molecule has 4 rings (SSSR count). The van der Waals surface area contributed by atoms with Gasteiger partial charge in [0.2, 0.25) is 0 Å². The first-order valence-electron chi connectivity index (χ1n) is 7.99. The van der Waals surface area contributed by atoms with E-state index in [-0.39, 0.29) is 5.56 Å². The van der Waals surface area contributed by atoms with Gasteiger partial charge in [-0.1, -0.05) is 24.3 Å². The second-order valence-corrected chi connectivity index (χ2v) is 5.72. The highest BCUT2D eigenvalue weighted by Gasteiger charge is 2.06. The van der Waals surface area contributed by atoms with Crippen molar-refractivity contribution in [2.24, 2.45) is 0 Å². The van der Waals surface area contributed by atoms with E-state index in [1.165, 1.54) is 6.07 Å². The summed E-state index contributed by atoms with van der Waals surface area (Å²) in [5.41, 5.74) is 3.78. The van der Waals surface area contributed by atoms with Crippen LogP contribution < -0.4 is 5.56 Å². The highest BCUT2D eigenvalue weighted by atomic mass is 16.1. The molecule has 1 aromatic carbocycles. The number of rotatable bonds is 3. The molecule has 0 aliphatic rings. The fourth-order valence-corrected chi connectivity index (χ4v) is 2.74. The van der Waals surface area contributed by atoms with E-state index < -0.39 is 0 Å². The number of nitrogens with zero attached hydrogens (tertiary/aromatic N) is 4. The Hall–Kier alpha value is -3.47. The van der Waals surface area contributed by atoms with Crippen molar-refractivity contribution in [2.75, 3.05) is 0 Å². The van der Waals surface area contributed by atoms with Gasteiger partial charge in [0, 0.05) is 24.0 Å². The molecule has 0 spiro atoms. The third-order valence-electron chi connectivity index (χ3n) is 3.88. The second-order valence-electron chi connectivity index (χ2n) is 5.72. The number of pyridine rings is 1. The second kappa shape index (κ2) is 6.20. The smallest absolute Gasteiger partial charge is 0.267 e. The Bertz CT molecular complexity index is 1120. The lowest BCUT2D eigenvalue weighted by molar-refractivity contribution is 0.763. The molecular formula is C20H16N4O. The van der Waals surface area contributed by atoms with Crippen molar-refractivity contribution < 1.29 is 0 Å². The summed E-state index contributed by atoms with van der Waals surface area (Å²) >= 11 is 0. The van der Waals surface area contributed by atoms with Crippen LogP contribution in [-0.2, 0) is 0 Å². The van der Waals surface area contributed by atoms with Gasteiger partial charge in [-0.25, -0.2) is 4.98 Å². The molecule has 25 heavy (non-hydrogen) atoms. The van der Waals surface area contributed by atoms with E-state index in [0.717, 1.165) is 17.1 Å². The summed E-state index contributed by atoms with van der Waals surface area (Å²) in [5.74, 6) is 0. The Balaban J connectivity index is 1.75. The lowest BCUT2D eigenvalue weighted by Crippen LogP contribution is -2.19. The fraction of sp³-hybridized carbons (Fsp3) is 0.0500. The molecule has 3 aromatic heterocycles. The molecule has 0 amide bonds. The molecule has 0 aliphatic heterocycles. The van der Waals surface area contributed by atoms with Crippen LogP contribution in [0.2, 0.25) is 0 Å². The first-order chi connectivity index (χ1) is 12.2. The Morgan fingerprint density at radius 1 is 0.880 bits per heavy atom. The van der Waals surface area contributed by atoms with E-state index in [4.69, 9.17) is 0 Å². The van der Waals surface area contributed by atoms with Gasteiger partial charge in [0.15, 0.2) is 5.65 Å². The Labute approximate surface area is 144 Å². The number of para-hydroxylation sites is 1. The normalized spacial score (nSPS) is 11.4. The molecule has 4 aromatic rings. The van der Waals surface area contributed by atoms with Gasteiger partial charge in [-0.3, -0.25) is 14.5 Å². The summed E-state index contributed by atoms with van der Waals surface area (Å²) in [6.07, 6.45) is 5.51. The molecule has 5 heteroatoms. The standard InChI is InChI=1S/C20H16N4O/c1-15-6-5-7-16(21-15)10-11-17-14-20(25)24-19(22-17)12-13-23(24)18-8-3-2-4-9-18/h2-14H,1H3. The zero-order valence-electron chi connectivity index (χ0n) is 13.7. The lowest BCUT2D eigenvalue weighted by Gasteiger charge is -2.06. The van der Waals surface area contributed by atoms with Crippen LogP contribution in [-0.4, -0.2) is 19.2 Å². The van der Waals surface area contributed by atoms with Gasteiger partial charge in [-0.2, -0.15) is 4.52 Å². The molecule has 0 N–H and O–H groups in total. The maximum absolute atomic E-state index is 12.6. The maximum atomic E-state index is 12.6. The van der Waals surface area contributed by atoms with E-state index in [9.17, 15) is 4.79 Å². The van der Waals surface area contributed by atoms with E-state index >= 15 is 0 Å².